The molecule has 8 nitrogen and oxygen atoms in total. The maximum absolute atomic E-state index is 13.4. The van der Waals surface area contributed by atoms with Gasteiger partial charge in [0.1, 0.15) is 17.3 Å². The molecule has 1 N–H and O–H groups in total. The van der Waals surface area contributed by atoms with Crippen molar-refractivity contribution >= 4 is 33.3 Å². The number of halogens is 4. The van der Waals surface area contributed by atoms with E-state index in [1.807, 2.05) is 19.9 Å². The highest BCUT2D eigenvalue weighted by atomic mass is 35.5. The molecule has 35 heavy (non-hydrogen) atoms. The number of carbonyl (C=O) groups excluding carboxylic acids is 2. The molecule has 0 aromatic heterocycles. The molecule has 1 aromatic rings. The van der Waals surface area contributed by atoms with E-state index in [-0.39, 0.29) is 46.9 Å². The van der Waals surface area contributed by atoms with Crippen LogP contribution in [0.5, 0.6) is 5.75 Å². The van der Waals surface area contributed by atoms with Crippen LogP contribution >= 0.6 is 11.6 Å². The summed E-state index contributed by atoms with van der Waals surface area (Å²) in [6.07, 6.45) is -3.73. The fourth-order valence-corrected chi connectivity index (χ4v) is 6.10. The van der Waals surface area contributed by atoms with Gasteiger partial charge in [0.05, 0.1) is 21.2 Å². The van der Waals surface area contributed by atoms with E-state index in [9.17, 15) is 36.4 Å². The summed E-state index contributed by atoms with van der Waals surface area (Å²) in [5.74, 6) is -1.27. The first-order valence-electron chi connectivity index (χ1n) is 10.9. The van der Waals surface area contributed by atoms with Crippen LogP contribution in [0.1, 0.15) is 39.5 Å². The third kappa shape index (κ3) is 6.38. The van der Waals surface area contributed by atoms with E-state index < -0.39 is 45.4 Å². The topological polar surface area (TPSA) is 117 Å². The van der Waals surface area contributed by atoms with Gasteiger partial charge in [-0.1, -0.05) is 25.4 Å². The zero-order valence-electron chi connectivity index (χ0n) is 19.1. The second-order valence-electron chi connectivity index (χ2n) is 9.24. The summed E-state index contributed by atoms with van der Waals surface area (Å²) >= 11 is 6.09. The molecule has 2 amide bonds. The molecule has 0 bridgehead atoms. The minimum atomic E-state index is -4.58. The number of nitrogens with zero attached hydrogens (tertiary/aromatic N) is 2. The predicted octanol–water partition coefficient (Wildman–Crippen LogP) is 3.24. The lowest BCUT2D eigenvalue weighted by atomic mass is 10.1. The minimum Gasteiger partial charge on any atom is -0.484 e. The van der Waals surface area contributed by atoms with Crippen molar-refractivity contribution in [3.8, 4) is 11.8 Å². The van der Waals surface area contributed by atoms with Gasteiger partial charge in [0.2, 0.25) is 11.8 Å². The lowest BCUT2D eigenvalue weighted by molar-refractivity contribution is -0.153. The van der Waals surface area contributed by atoms with Crippen LogP contribution in [0.4, 0.5) is 13.2 Å². The van der Waals surface area contributed by atoms with Gasteiger partial charge in [0.15, 0.2) is 16.4 Å². The summed E-state index contributed by atoms with van der Waals surface area (Å²) in [5.41, 5.74) is -0.990. The van der Waals surface area contributed by atoms with Gasteiger partial charge in [-0.3, -0.25) is 9.59 Å². The van der Waals surface area contributed by atoms with E-state index in [0.29, 0.717) is 12.8 Å². The average molecular weight is 536 g/mol. The molecular formula is C22H25ClF3N3O5S. The number of nitrogens with one attached hydrogen (secondary N) is 1. The molecule has 1 aliphatic carbocycles. The molecule has 2 fully saturated rings. The lowest BCUT2D eigenvalue weighted by Crippen LogP contribution is -2.49. The standard InChI is InChI=1S/C22H25ClF3N3O5S/c1-13(2)7-19(30)29-10-15(9-17(29)20(31)28-21(11-27)5-6-21)35(32,33)18-4-3-14(8-16(18)23)34-12-22(24,25)26/h3-4,8,13,15,17H,5-7,9-10,12H2,1-2H3,(H,28,31). The third-order valence-electron chi connectivity index (χ3n) is 5.85. The van der Waals surface area contributed by atoms with Crippen molar-refractivity contribution in [1.82, 2.24) is 10.2 Å². The Hall–Kier alpha value is -2.52. The number of ether oxygens (including phenoxy) is 1. The summed E-state index contributed by atoms with van der Waals surface area (Å²) in [7, 11) is -4.17. The van der Waals surface area contributed by atoms with Crippen molar-refractivity contribution in [2.24, 2.45) is 5.92 Å². The van der Waals surface area contributed by atoms with Crippen LogP contribution in [0.3, 0.4) is 0 Å². The van der Waals surface area contributed by atoms with E-state index in [0.717, 1.165) is 18.2 Å². The summed E-state index contributed by atoms with van der Waals surface area (Å²) in [6, 6.07) is 4.04. The molecule has 1 saturated carbocycles. The van der Waals surface area contributed by atoms with E-state index in [1.165, 1.54) is 4.90 Å². The van der Waals surface area contributed by atoms with Crippen molar-refractivity contribution < 1.29 is 35.9 Å². The number of hydrogen-bond donors (Lipinski definition) is 1. The summed E-state index contributed by atoms with van der Waals surface area (Å²) in [5, 5.41) is 10.4. The average Bonchev–Trinajstić information content (AvgIpc) is 3.35. The molecule has 1 heterocycles. The maximum Gasteiger partial charge on any atom is 0.422 e. The number of sulfone groups is 1. The summed E-state index contributed by atoms with van der Waals surface area (Å²) < 4.78 is 68.5. The molecular weight excluding hydrogens is 511 g/mol. The van der Waals surface area contributed by atoms with Crippen LogP contribution < -0.4 is 10.1 Å². The van der Waals surface area contributed by atoms with Gasteiger partial charge >= 0.3 is 6.18 Å². The SMILES string of the molecule is CC(C)CC(=O)N1CC(S(=O)(=O)c2ccc(OCC(F)(F)F)cc2Cl)CC1C(=O)NC1(C#N)CC1. The molecule has 192 valence electrons. The number of carbonyl (C=O) groups is 2. The minimum absolute atomic E-state index is 0.0329. The summed E-state index contributed by atoms with van der Waals surface area (Å²) in [4.78, 5) is 26.7. The molecule has 1 aliphatic heterocycles. The Bertz CT molecular complexity index is 1150. The number of hydrogen-bond acceptors (Lipinski definition) is 6. The van der Waals surface area contributed by atoms with Crippen molar-refractivity contribution in [2.75, 3.05) is 13.2 Å². The highest BCUT2D eigenvalue weighted by molar-refractivity contribution is 7.92. The van der Waals surface area contributed by atoms with Gasteiger partial charge < -0.3 is 15.0 Å². The van der Waals surface area contributed by atoms with Gasteiger partial charge in [-0.05, 0) is 37.3 Å². The Balaban J connectivity index is 1.84. The Morgan fingerprint density at radius 1 is 1.34 bits per heavy atom. The maximum atomic E-state index is 13.4. The highest BCUT2D eigenvalue weighted by Gasteiger charge is 2.50. The van der Waals surface area contributed by atoms with Crippen LogP contribution in [0.25, 0.3) is 0 Å². The lowest BCUT2D eigenvalue weighted by Gasteiger charge is -2.25. The molecule has 1 saturated heterocycles. The predicted molar refractivity (Wildman–Crippen MR) is 119 cm³/mol. The molecule has 2 unspecified atom stereocenters. The number of nitriles is 1. The Morgan fingerprint density at radius 3 is 2.51 bits per heavy atom. The van der Waals surface area contributed by atoms with Crippen molar-refractivity contribution in [3.63, 3.8) is 0 Å². The first-order chi connectivity index (χ1) is 16.2. The van der Waals surface area contributed by atoms with Crippen LogP contribution in [0, 0.1) is 17.2 Å². The van der Waals surface area contributed by atoms with E-state index in [1.54, 1.807) is 0 Å². The molecule has 13 heteroatoms. The first kappa shape index (κ1) is 27.1. The number of amides is 2. The quantitative estimate of drug-likeness (QED) is 0.546. The van der Waals surface area contributed by atoms with E-state index in [2.05, 4.69) is 10.1 Å². The smallest absolute Gasteiger partial charge is 0.422 e. The number of alkyl halides is 3. The zero-order valence-corrected chi connectivity index (χ0v) is 20.6. The van der Waals surface area contributed by atoms with E-state index in [4.69, 9.17) is 11.6 Å². The molecule has 2 aliphatic rings. The molecule has 1 aromatic carbocycles. The Labute approximate surface area is 206 Å². The summed E-state index contributed by atoms with van der Waals surface area (Å²) in [6.45, 7) is 1.81. The van der Waals surface area contributed by atoms with Crippen LogP contribution in [-0.4, -0.2) is 61.3 Å². The fraction of sp³-hybridized carbons (Fsp3) is 0.591. The second-order valence-corrected chi connectivity index (χ2v) is 11.8. The number of likely N-dealkylation sites (tertiary alicyclic amines) is 1. The van der Waals surface area contributed by atoms with Gasteiger partial charge in [-0.15, -0.1) is 0 Å². The zero-order chi connectivity index (χ0) is 26.2. The Morgan fingerprint density at radius 2 is 2.00 bits per heavy atom. The largest absolute Gasteiger partial charge is 0.484 e. The fourth-order valence-electron chi connectivity index (χ4n) is 3.87. The monoisotopic (exact) mass is 535 g/mol. The van der Waals surface area contributed by atoms with Gasteiger partial charge in [0, 0.05) is 19.0 Å². The molecule has 3 rings (SSSR count). The van der Waals surface area contributed by atoms with Crippen molar-refractivity contribution in [3.05, 3.63) is 23.2 Å². The second kappa shape index (κ2) is 9.85. The molecule has 0 radical (unpaired) electrons. The van der Waals surface area contributed by atoms with Crippen LogP contribution in [0.15, 0.2) is 23.1 Å². The molecule has 0 spiro atoms. The third-order valence-corrected chi connectivity index (χ3v) is 8.46. The molecule has 2 atom stereocenters. The van der Waals surface area contributed by atoms with Crippen LogP contribution in [0.2, 0.25) is 5.02 Å². The highest BCUT2D eigenvalue weighted by Crippen LogP contribution is 2.37. The number of benzene rings is 1. The van der Waals surface area contributed by atoms with Gasteiger partial charge in [0.25, 0.3) is 0 Å². The van der Waals surface area contributed by atoms with Crippen molar-refractivity contribution in [1.29, 1.82) is 5.26 Å². The first-order valence-corrected chi connectivity index (χ1v) is 12.9. The van der Waals surface area contributed by atoms with E-state index >= 15 is 0 Å². The number of rotatable bonds is 8. The van der Waals surface area contributed by atoms with Gasteiger partial charge in [-0.2, -0.15) is 18.4 Å². The van der Waals surface area contributed by atoms with Crippen molar-refractivity contribution in [2.45, 2.75) is 67.4 Å². The van der Waals surface area contributed by atoms with Crippen LogP contribution in [-0.2, 0) is 19.4 Å². The Kier molecular flexibility index (Phi) is 7.62. The normalized spacial score (nSPS) is 21.5. The van der Waals surface area contributed by atoms with Gasteiger partial charge in [-0.25, -0.2) is 8.42 Å².